The van der Waals surface area contributed by atoms with E-state index in [-0.39, 0.29) is 17.5 Å². The summed E-state index contributed by atoms with van der Waals surface area (Å²) in [7, 11) is -3.60. The molecule has 0 aliphatic carbocycles. The number of hydrogen-bond acceptors (Lipinski definition) is 5. The number of aryl methyl sites for hydroxylation is 2. The molecule has 0 bridgehead atoms. The molecule has 1 aromatic heterocycles. The van der Waals surface area contributed by atoms with Crippen LogP contribution in [0.3, 0.4) is 0 Å². The highest BCUT2D eigenvalue weighted by molar-refractivity contribution is 7.89. The minimum atomic E-state index is -3.60. The van der Waals surface area contributed by atoms with Crippen molar-refractivity contribution >= 4 is 10.0 Å². The lowest BCUT2D eigenvalue weighted by atomic mass is 10.1. The normalized spacial score (nSPS) is 13.3. The first kappa shape index (κ1) is 15.7. The molecule has 0 fully saturated rings. The van der Waals surface area contributed by atoms with Gasteiger partial charge in [-0.2, -0.15) is 0 Å². The number of nitrogens with two attached hydrogens (primary N) is 1. The lowest BCUT2D eigenvalue weighted by Gasteiger charge is -2.08. The third-order valence-electron chi connectivity index (χ3n) is 3.20. The fraction of sp³-hybridized carbons (Fsp3) is 0.357. The number of nitrogens with one attached hydrogen (secondary N) is 1. The second kappa shape index (κ2) is 5.97. The molecule has 3 N–H and O–H groups in total. The number of rotatable bonds is 5. The molecule has 0 spiro atoms. The summed E-state index contributed by atoms with van der Waals surface area (Å²) in [5.41, 5.74) is 7.38. The van der Waals surface area contributed by atoms with E-state index >= 15 is 0 Å². The van der Waals surface area contributed by atoms with Crippen LogP contribution in [-0.2, 0) is 16.6 Å². The highest BCUT2D eigenvalue weighted by Crippen LogP contribution is 2.15. The molecule has 0 radical (unpaired) electrons. The Kier molecular flexibility index (Phi) is 4.46. The molecule has 0 aliphatic rings. The molecular weight excluding hydrogens is 290 g/mol. The standard InChI is InChI=1S/C14H19N3O3S/c1-9(15)12-4-6-13(7-5-12)21(18,19)16-8-14-17-10(2)11(3)20-14/h4-7,9,16H,8,15H2,1-3H3. The molecular formula is C14H19N3O3S. The maximum absolute atomic E-state index is 12.2. The Morgan fingerprint density at radius 1 is 1.29 bits per heavy atom. The van der Waals surface area contributed by atoms with Gasteiger partial charge in [-0.05, 0) is 38.5 Å². The van der Waals surface area contributed by atoms with Crippen LogP contribution in [0.15, 0.2) is 33.6 Å². The van der Waals surface area contributed by atoms with Gasteiger partial charge in [0, 0.05) is 6.04 Å². The molecule has 114 valence electrons. The van der Waals surface area contributed by atoms with Crippen LogP contribution >= 0.6 is 0 Å². The van der Waals surface area contributed by atoms with Gasteiger partial charge in [0.15, 0.2) is 0 Å². The minimum Gasteiger partial charge on any atom is -0.444 e. The third kappa shape index (κ3) is 3.69. The van der Waals surface area contributed by atoms with E-state index in [0.717, 1.165) is 11.3 Å². The number of benzene rings is 1. The van der Waals surface area contributed by atoms with E-state index in [1.165, 1.54) is 12.1 Å². The number of nitrogens with zero attached hydrogens (tertiary/aromatic N) is 1. The van der Waals surface area contributed by atoms with E-state index in [0.29, 0.717) is 11.7 Å². The quantitative estimate of drug-likeness (QED) is 0.877. The number of hydrogen-bond donors (Lipinski definition) is 2. The van der Waals surface area contributed by atoms with Crippen LogP contribution in [0.1, 0.15) is 35.9 Å². The second-order valence-corrected chi connectivity index (χ2v) is 6.70. The van der Waals surface area contributed by atoms with Crippen LogP contribution in [0.2, 0.25) is 0 Å². The van der Waals surface area contributed by atoms with Crippen LogP contribution < -0.4 is 10.5 Å². The summed E-state index contributed by atoms with van der Waals surface area (Å²) in [5.74, 6) is 1.03. The summed E-state index contributed by atoms with van der Waals surface area (Å²) in [6.45, 7) is 5.46. The van der Waals surface area contributed by atoms with Crippen LogP contribution in [0.5, 0.6) is 0 Å². The molecule has 6 nitrogen and oxygen atoms in total. The Labute approximate surface area is 124 Å². The van der Waals surface area contributed by atoms with Gasteiger partial charge >= 0.3 is 0 Å². The monoisotopic (exact) mass is 309 g/mol. The first-order valence-corrected chi connectivity index (χ1v) is 8.06. The molecule has 1 heterocycles. The van der Waals surface area contributed by atoms with Crippen molar-refractivity contribution in [3.63, 3.8) is 0 Å². The van der Waals surface area contributed by atoms with Gasteiger partial charge in [-0.15, -0.1) is 0 Å². The predicted octanol–water partition coefficient (Wildman–Crippen LogP) is 1.79. The molecule has 21 heavy (non-hydrogen) atoms. The van der Waals surface area contributed by atoms with Gasteiger partial charge in [-0.3, -0.25) is 0 Å². The van der Waals surface area contributed by atoms with E-state index in [1.807, 2.05) is 13.8 Å². The lowest BCUT2D eigenvalue weighted by Crippen LogP contribution is -2.23. The van der Waals surface area contributed by atoms with Crippen LogP contribution in [-0.4, -0.2) is 13.4 Å². The number of oxazole rings is 1. The van der Waals surface area contributed by atoms with Crippen molar-refractivity contribution in [2.45, 2.75) is 38.3 Å². The first-order chi connectivity index (χ1) is 9.79. The van der Waals surface area contributed by atoms with Gasteiger partial charge in [-0.1, -0.05) is 12.1 Å². The lowest BCUT2D eigenvalue weighted by molar-refractivity contribution is 0.463. The maximum atomic E-state index is 12.2. The zero-order chi connectivity index (χ0) is 15.6. The zero-order valence-electron chi connectivity index (χ0n) is 12.3. The van der Waals surface area contributed by atoms with Gasteiger partial charge < -0.3 is 10.2 Å². The van der Waals surface area contributed by atoms with Crippen LogP contribution in [0.4, 0.5) is 0 Å². The maximum Gasteiger partial charge on any atom is 0.241 e. The number of aromatic nitrogens is 1. The van der Waals surface area contributed by atoms with Gasteiger partial charge in [0.25, 0.3) is 0 Å². The molecule has 2 rings (SSSR count). The van der Waals surface area contributed by atoms with Gasteiger partial charge in [0.05, 0.1) is 17.1 Å². The SMILES string of the molecule is Cc1nc(CNS(=O)(=O)c2ccc(C(C)N)cc2)oc1C. The fourth-order valence-electron chi connectivity index (χ4n) is 1.81. The van der Waals surface area contributed by atoms with Crippen LogP contribution in [0, 0.1) is 13.8 Å². The Bertz CT molecular complexity index is 699. The van der Waals surface area contributed by atoms with Gasteiger partial charge in [0.1, 0.15) is 5.76 Å². The van der Waals surface area contributed by atoms with Crippen molar-refractivity contribution in [2.24, 2.45) is 5.73 Å². The van der Waals surface area contributed by atoms with E-state index in [4.69, 9.17) is 10.2 Å². The van der Waals surface area contributed by atoms with Gasteiger partial charge in [-0.25, -0.2) is 18.1 Å². The molecule has 0 aliphatic heterocycles. The van der Waals surface area contributed by atoms with Crippen molar-refractivity contribution in [3.8, 4) is 0 Å². The second-order valence-electron chi connectivity index (χ2n) is 4.93. The third-order valence-corrected chi connectivity index (χ3v) is 4.62. The average Bonchev–Trinajstić information content (AvgIpc) is 2.76. The molecule has 2 aromatic rings. The van der Waals surface area contributed by atoms with E-state index in [1.54, 1.807) is 19.1 Å². The minimum absolute atomic E-state index is 0.0199. The highest BCUT2D eigenvalue weighted by Gasteiger charge is 2.16. The number of sulfonamides is 1. The molecule has 0 amide bonds. The summed E-state index contributed by atoms with van der Waals surface area (Å²) in [6.07, 6.45) is 0. The van der Waals surface area contributed by atoms with E-state index in [2.05, 4.69) is 9.71 Å². The Morgan fingerprint density at radius 3 is 2.38 bits per heavy atom. The smallest absolute Gasteiger partial charge is 0.241 e. The Balaban J connectivity index is 2.11. The highest BCUT2D eigenvalue weighted by atomic mass is 32.2. The van der Waals surface area contributed by atoms with E-state index in [9.17, 15) is 8.42 Å². The molecule has 1 aromatic carbocycles. The van der Waals surface area contributed by atoms with Gasteiger partial charge in [0.2, 0.25) is 15.9 Å². The Hall–Kier alpha value is -1.70. The van der Waals surface area contributed by atoms with Crippen LogP contribution in [0.25, 0.3) is 0 Å². The molecule has 1 atom stereocenters. The van der Waals surface area contributed by atoms with Crippen molar-refractivity contribution in [3.05, 3.63) is 47.2 Å². The van der Waals surface area contributed by atoms with Crippen molar-refractivity contribution in [1.82, 2.24) is 9.71 Å². The topological polar surface area (TPSA) is 98.2 Å². The summed E-state index contributed by atoms with van der Waals surface area (Å²) < 4.78 is 32.1. The fourth-order valence-corrected chi connectivity index (χ4v) is 2.78. The van der Waals surface area contributed by atoms with E-state index < -0.39 is 10.0 Å². The summed E-state index contributed by atoms with van der Waals surface area (Å²) in [4.78, 5) is 4.32. The summed E-state index contributed by atoms with van der Waals surface area (Å²) >= 11 is 0. The molecule has 0 saturated heterocycles. The Morgan fingerprint density at radius 2 is 1.90 bits per heavy atom. The molecule has 7 heteroatoms. The van der Waals surface area contributed by atoms with Crippen molar-refractivity contribution < 1.29 is 12.8 Å². The molecule has 1 unspecified atom stereocenters. The largest absolute Gasteiger partial charge is 0.444 e. The zero-order valence-corrected chi connectivity index (χ0v) is 13.1. The summed E-state index contributed by atoms with van der Waals surface area (Å²) in [5, 5.41) is 0. The average molecular weight is 309 g/mol. The summed E-state index contributed by atoms with van der Waals surface area (Å²) in [6, 6.07) is 6.35. The first-order valence-electron chi connectivity index (χ1n) is 6.57. The van der Waals surface area contributed by atoms with Crippen molar-refractivity contribution in [2.75, 3.05) is 0 Å². The predicted molar refractivity (Wildman–Crippen MR) is 79.0 cm³/mol. The van der Waals surface area contributed by atoms with Crippen molar-refractivity contribution in [1.29, 1.82) is 0 Å². The molecule has 0 saturated carbocycles.